The van der Waals surface area contributed by atoms with Crippen molar-refractivity contribution in [3.63, 3.8) is 0 Å². The summed E-state index contributed by atoms with van der Waals surface area (Å²) in [5, 5.41) is 18.5. The summed E-state index contributed by atoms with van der Waals surface area (Å²) in [6.45, 7) is 2.18. The molecule has 0 bridgehead atoms. The summed E-state index contributed by atoms with van der Waals surface area (Å²) in [6.07, 6.45) is 9.71. The molecule has 4 nitrogen and oxygen atoms in total. The Kier molecular flexibility index (Phi) is 7.03. The number of unbranched alkanes of at least 4 members (excludes halogenated alkanes) is 5. The molecule has 1 saturated carbocycles. The van der Waals surface area contributed by atoms with Crippen LogP contribution in [0.15, 0.2) is 0 Å². The van der Waals surface area contributed by atoms with Crippen LogP contribution in [0.25, 0.3) is 0 Å². The molecule has 0 aromatic rings. The summed E-state index contributed by atoms with van der Waals surface area (Å²) in [7, 11) is 0. The van der Waals surface area contributed by atoms with E-state index >= 15 is 0 Å². The van der Waals surface area contributed by atoms with Gasteiger partial charge in [-0.15, -0.1) is 0 Å². The molecule has 1 rings (SSSR count). The van der Waals surface area contributed by atoms with Gasteiger partial charge in [-0.1, -0.05) is 45.4 Å². The summed E-state index contributed by atoms with van der Waals surface area (Å²) in [6, 6.07) is 0. The van der Waals surface area contributed by atoms with Crippen LogP contribution >= 0.6 is 0 Å². The van der Waals surface area contributed by atoms with E-state index in [0.29, 0.717) is 32.1 Å². The Morgan fingerprint density at radius 2 is 1.55 bits per heavy atom. The van der Waals surface area contributed by atoms with Crippen molar-refractivity contribution in [1.82, 2.24) is 0 Å². The zero-order chi connectivity index (χ0) is 15.0. The maximum absolute atomic E-state index is 11.6. The number of rotatable bonds is 9. The predicted octanol–water partition coefficient (Wildman–Crippen LogP) is 4.08. The topological polar surface area (TPSA) is 74.6 Å². The molecule has 1 fully saturated rings. The van der Waals surface area contributed by atoms with E-state index < -0.39 is 17.4 Å². The van der Waals surface area contributed by atoms with Crippen LogP contribution in [-0.2, 0) is 9.59 Å². The molecule has 1 aliphatic rings. The van der Waals surface area contributed by atoms with Gasteiger partial charge >= 0.3 is 11.9 Å². The van der Waals surface area contributed by atoms with Crippen molar-refractivity contribution in [1.29, 1.82) is 0 Å². The van der Waals surface area contributed by atoms with Crippen molar-refractivity contribution in [3.05, 3.63) is 0 Å². The molecule has 0 atom stereocenters. The van der Waals surface area contributed by atoms with Crippen LogP contribution in [0.1, 0.15) is 77.6 Å². The first-order chi connectivity index (χ1) is 9.52. The van der Waals surface area contributed by atoms with Crippen LogP contribution in [0, 0.1) is 11.3 Å². The second-order valence-electron chi connectivity index (χ2n) is 6.22. The number of carboxylic acids is 2. The molecular weight excluding hydrogens is 256 g/mol. The van der Waals surface area contributed by atoms with Crippen LogP contribution < -0.4 is 0 Å². The first kappa shape index (κ1) is 17.0. The lowest BCUT2D eigenvalue weighted by molar-refractivity contribution is -0.156. The van der Waals surface area contributed by atoms with Crippen LogP contribution in [-0.4, -0.2) is 22.2 Å². The fraction of sp³-hybridized carbons (Fsp3) is 0.875. The average molecular weight is 284 g/mol. The summed E-state index contributed by atoms with van der Waals surface area (Å²) < 4.78 is 0. The van der Waals surface area contributed by atoms with Crippen molar-refractivity contribution in [2.45, 2.75) is 77.6 Å². The van der Waals surface area contributed by atoms with Gasteiger partial charge in [0.05, 0.1) is 11.3 Å². The summed E-state index contributed by atoms with van der Waals surface area (Å²) in [5.41, 5.74) is -0.656. The van der Waals surface area contributed by atoms with Crippen molar-refractivity contribution >= 4 is 11.9 Å². The molecule has 0 amide bonds. The molecule has 2 N–H and O–H groups in total. The molecule has 20 heavy (non-hydrogen) atoms. The van der Waals surface area contributed by atoms with E-state index in [2.05, 4.69) is 6.92 Å². The smallest absolute Gasteiger partial charge is 0.309 e. The molecule has 0 heterocycles. The van der Waals surface area contributed by atoms with Crippen LogP contribution in [0.3, 0.4) is 0 Å². The van der Waals surface area contributed by atoms with Gasteiger partial charge in [-0.3, -0.25) is 9.59 Å². The molecule has 4 heteroatoms. The molecule has 0 aromatic heterocycles. The van der Waals surface area contributed by atoms with E-state index in [1.807, 2.05) is 0 Å². The molecule has 0 radical (unpaired) electrons. The third-order valence-electron chi connectivity index (χ3n) is 4.75. The zero-order valence-electron chi connectivity index (χ0n) is 12.6. The van der Waals surface area contributed by atoms with Gasteiger partial charge < -0.3 is 10.2 Å². The Bertz CT molecular complexity index is 316. The van der Waals surface area contributed by atoms with E-state index in [1.165, 1.54) is 25.7 Å². The Morgan fingerprint density at radius 1 is 1.00 bits per heavy atom. The van der Waals surface area contributed by atoms with Gasteiger partial charge in [0.15, 0.2) is 0 Å². The van der Waals surface area contributed by atoms with E-state index in [0.717, 1.165) is 12.8 Å². The Labute approximate surface area is 121 Å². The van der Waals surface area contributed by atoms with Crippen molar-refractivity contribution in [2.75, 3.05) is 0 Å². The second-order valence-corrected chi connectivity index (χ2v) is 6.22. The highest BCUT2D eigenvalue weighted by atomic mass is 16.4. The van der Waals surface area contributed by atoms with Gasteiger partial charge in [0, 0.05) is 0 Å². The predicted molar refractivity (Wildman–Crippen MR) is 77.7 cm³/mol. The second kappa shape index (κ2) is 8.28. The van der Waals surface area contributed by atoms with Gasteiger partial charge in [0.25, 0.3) is 0 Å². The molecule has 0 spiro atoms. The number of aliphatic carboxylic acids is 2. The van der Waals surface area contributed by atoms with E-state index in [4.69, 9.17) is 5.11 Å². The van der Waals surface area contributed by atoms with Crippen molar-refractivity contribution < 1.29 is 19.8 Å². The first-order valence-corrected chi connectivity index (χ1v) is 7.98. The normalized spacial score (nSPS) is 26.4. The van der Waals surface area contributed by atoms with Gasteiger partial charge in [-0.25, -0.2) is 0 Å². The zero-order valence-corrected chi connectivity index (χ0v) is 12.6. The van der Waals surface area contributed by atoms with Crippen LogP contribution in [0.2, 0.25) is 0 Å². The first-order valence-electron chi connectivity index (χ1n) is 7.98. The lowest BCUT2D eigenvalue weighted by atomic mass is 9.68. The lowest BCUT2D eigenvalue weighted by Gasteiger charge is -2.35. The standard InChI is InChI=1S/C16H28O4/c1-2-3-4-5-6-7-10-16(15(19)20)11-8-13(9-12-16)14(17)18/h13H,2-12H2,1H3,(H,17,18)(H,19,20). The fourth-order valence-electron chi connectivity index (χ4n) is 3.23. The lowest BCUT2D eigenvalue weighted by Crippen LogP contribution is -2.37. The number of hydrogen-bond donors (Lipinski definition) is 2. The summed E-state index contributed by atoms with van der Waals surface area (Å²) in [4.78, 5) is 22.5. The van der Waals surface area contributed by atoms with Crippen molar-refractivity contribution in [3.8, 4) is 0 Å². The van der Waals surface area contributed by atoms with E-state index in [9.17, 15) is 14.7 Å². The van der Waals surface area contributed by atoms with Gasteiger partial charge in [-0.2, -0.15) is 0 Å². The molecular formula is C16H28O4. The minimum atomic E-state index is -0.774. The van der Waals surface area contributed by atoms with Crippen LogP contribution in [0.4, 0.5) is 0 Å². The highest BCUT2D eigenvalue weighted by molar-refractivity contribution is 5.76. The molecule has 0 aromatic carbocycles. The summed E-state index contributed by atoms with van der Waals surface area (Å²) >= 11 is 0. The highest BCUT2D eigenvalue weighted by Crippen LogP contribution is 2.43. The monoisotopic (exact) mass is 284 g/mol. The summed E-state index contributed by atoms with van der Waals surface area (Å²) in [5.74, 6) is -1.84. The number of hydrogen-bond acceptors (Lipinski definition) is 2. The van der Waals surface area contributed by atoms with Gasteiger partial charge in [0.1, 0.15) is 0 Å². The van der Waals surface area contributed by atoms with Gasteiger partial charge in [0.2, 0.25) is 0 Å². The fourth-order valence-corrected chi connectivity index (χ4v) is 3.23. The Hall–Kier alpha value is -1.06. The largest absolute Gasteiger partial charge is 0.481 e. The molecule has 0 aliphatic heterocycles. The van der Waals surface area contributed by atoms with Crippen molar-refractivity contribution in [2.24, 2.45) is 11.3 Å². The molecule has 1 aliphatic carbocycles. The van der Waals surface area contributed by atoms with E-state index in [1.54, 1.807) is 0 Å². The third-order valence-corrected chi connectivity index (χ3v) is 4.75. The SMILES string of the molecule is CCCCCCCCC1(C(=O)O)CCC(C(=O)O)CC1. The quantitative estimate of drug-likeness (QED) is 0.625. The Balaban J connectivity index is 2.37. The molecule has 0 unspecified atom stereocenters. The average Bonchev–Trinajstić information content (AvgIpc) is 2.43. The Morgan fingerprint density at radius 3 is 2.05 bits per heavy atom. The highest BCUT2D eigenvalue weighted by Gasteiger charge is 2.42. The maximum Gasteiger partial charge on any atom is 0.309 e. The minimum absolute atomic E-state index is 0.341. The molecule has 0 saturated heterocycles. The number of carbonyl (C=O) groups is 2. The molecule has 116 valence electrons. The van der Waals surface area contributed by atoms with E-state index in [-0.39, 0.29) is 5.92 Å². The third kappa shape index (κ3) is 4.80. The maximum atomic E-state index is 11.6. The number of carboxylic acid groups (broad SMARTS) is 2. The van der Waals surface area contributed by atoms with Crippen LogP contribution in [0.5, 0.6) is 0 Å². The minimum Gasteiger partial charge on any atom is -0.481 e. The van der Waals surface area contributed by atoms with Gasteiger partial charge in [-0.05, 0) is 32.1 Å².